The van der Waals surface area contributed by atoms with Crippen molar-refractivity contribution < 1.29 is 9.90 Å². The third kappa shape index (κ3) is 3.10. The van der Waals surface area contributed by atoms with Gasteiger partial charge in [-0.3, -0.25) is 0 Å². The summed E-state index contributed by atoms with van der Waals surface area (Å²) in [4.78, 5) is 12.3. The van der Waals surface area contributed by atoms with E-state index in [1.807, 2.05) is 65.5 Å². The summed E-state index contributed by atoms with van der Waals surface area (Å²) in [5.41, 5.74) is 2.35. The monoisotopic (exact) mass is 343 g/mol. The first-order valence-corrected chi connectivity index (χ1v) is 8.23. The lowest BCUT2D eigenvalue weighted by Gasteiger charge is -2.11. The molecule has 4 aromatic rings. The second-order valence-electron chi connectivity index (χ2n) is 5.89. The van der Waals surface area contributed by atoms with Crippen molar-refractivity contribution in [3.8, 4) is 11.4 Å². The van der Waals surface area contributed by atoms with E-state index in [0.29, 0.717) is 16.8 Å². The zero-order valence-corrected chi connectivity index (χ0v) is 13.9. The Morgan fingerprint density at radius 2 is 1.46 bits per heavy atom. The molecule has 5 heteroatoms. The van der Waals surface area contributed by atoms with Crippen LogP contribution < -0.4 is 10.6 Å². The molecule has 0 aliphatic heterocycles. The highest BCUT2D eigenvalue weighted by Gasteiger charge is 2.08. The first-order valence-electron chi connectivity index (χ1n) is 8.23. The number of urea groups is 1. The lowest BCUT2D eigenvalue weighted by molar-refractivity contribution is 0.262. The molecule has 0 aliphatic carbocycles. The van der Waals surface area contributed by atoms with Crippen LogP contribution in [0.2, 0.25) is 0 Å². The van der Waals surface area contributed by atoms with Crippen molar-refractivity contribution in [2.75, 3.05) is 10.6 Å². The summed E-state index contributed by atoms with van der Waals surface area (Å²) < 4.78 is 1.99. The molecule has 0 bridgehead atoms. The molecule has 2 amide bonds. The number of rotatable bonds is 3. The molecule has 1 aromatic heterocycles. The van der Waals surface area contributed by atoms with E-state index in [-0.39, 0.29) is 11.8 Å². The van der Waals surface area contributed by atoms with Gasteiger partial charge in [0.2, 0.25) is 0 Å². The van der Waals surface area contributed by atoms with E-state index in [2.05, 4.69) is 10.6 Å². The number of amides is 2. The van der Waals surface area contributed by atoms with Gasteiger partial charge in [0.1, 0.15) is 5.75 Å². The molecule has 3 N–H and O–H groups in total. The number of nitrogens with zero attached hydrogens (tertiary/aromatic N) is 1. The Hall–Kier alpha value is -3.73. The molecular weight excluding hydrogens is 326 g/mol. The number of carbonyl (C=O) groups is 1. The predicted octanol–water partition coefficient (Wildman–Crippen LogP) is 4.98. The summed E-state index contributed by atoms with van der Waals surface area (Å²) in [5, 5.41) is 17.1. The molecule has 0 radical (unpaired) electrons. The SMILES string of the molecule is O=C(Nc1ccc(-n2cccc2)cc1)Nc1cccc2c(O)cccc12. The van der Waals surface area contributed by atoms with Gasteiger partial charge in [0.15, 0.2) is 0 Å². The van der Waals surface area contributed by atoms with Crippen molar-refractivity contribution in [2.24, 2.45) is 0 Å². The minimum atomic E-state index is -0.338. The van der Waals surface area contributed by atoms with Crippen LogP contribution >= 0.6 is 0 Å². The highest BCUT2D eigenvalue weighted by Crippen LogP contribution is 2.29. The molecule has 0 spiro atoms. The van der Waals surface area contributed by atoms with Gasteiger partial charge in [0.25, 0.3) is 0 Å². The molecule has 0 fully saturated rings. The standard InChI is InChI=1S/C21H17N3O2/c25-20-8-4-5-17-18(20)6-3-7-19(17)23-21(26)22-15-9-11-16(12-10-15)24-13-1-2-14-24/h1-14,25H,(H2,22,23,26). The van der Waals surface area contributed by atoms with Crippen LogP contribution in [0.15, 0.2) is 85.2 Å². The van der Waals surface area contributed by atoms with E-state index < -0.39 is 0 Å². The molecule has 0 aliphatic rings. The van der Waals surface area contributed by atoms with Gasteiger partial charge in [-0.05, 0) is 48.5 Å². The second kappa shape index (κ2) is 6.64. The third-order valence-corrected chi connectivity index (χ3v) is 4.18. The number of benzene rings is 3. The van der Waals surface area contributed by atoms with Gasteiger partial charge >= 0.3 is 6.03 Å². The molecule has 1 heterocycles. The van der Waals surface area contributed by atoms with Crippen LogP contribution in [0.3, 0.4) is 0 Å². The minimum Gasteiger partial charge on any atom is -0.507 e. The summed E-state index contributed by atoms with van der Waals surface area (Å²) in [6.45, 7) is 0. The number of fused-ring (bicyclic) bond motifs is 1. The largest absolute Gasteiger partial charge is 0.507 e. The van der Waals surface area contributed by atoms with E-state index in [4.69, 9.17) is 0 Å². The Morgan fingerprint density at radius 1 is 0.769 bits per heavy atom. The molecule has 5 nitrogen and oxygen atoms in total. The van der Waals surface area contributed by atoms with Gasteiger partial charge in [-0.15, -0.1) is 0 Å². The fourth-order valence-electron chi connectivity index (χ4n) is 2.91. The lowest BCUT2D eigenvalue weighted by atomic mass is 10.1. The molecule has 0 saturated carbocycles. The fourth-order valence-corrected chi connectivity index (χ4v) is 2.91. The maximum atomic E-state index is 12.3. The summed E-state index contributed by atoms with van der Waals surface area (Å²) >= 11 is 0. The van der Waals surface area contributed by atoms with Crippen molar-refractivity contribution in [3.63, 3.8) is 0 Å². The Labute approximate surface area is 150 Å². The highest BCUT2D eigenvalue weighted by atomic mass is 16.3. The number of hydrogen-bond donors (Lipinski definition) is 3. The van der Waals surface area contributed by atoms with Crippen LogP contribution in [-0.4, -0.2) is 15.7 Å². The third-order valence-electron chi connectivity index (χ3n) is 4.18. The molecule has 4 rings (SSSR count). The average Bonchev–Trinajstić information content (AvgIpc) is 3.18. The van der Waals surface area contributed by atoms with Crippen LogP contribution in [0, 0.1) is 0 Å². The smallest absolute Gasteiger partial charge is 0.323 e. The number of aromatic nitrogens is 1. The number of anilines is 2. The van der Waals surface area contributed by atoms with Gasteiger partial charge in [-0.25, -0.2) is 4.79 Å². The number of phenols is 1. The molecule has 0 saturated heterocycles. The molecule has 3 aromatic carbocycles. The summed E-state index contributed by atoms with van der Waals surface area (Å²) in [5.74, 6) is 0.187. The van der Waals surface area contributed by atoms with E-state index in [1.54, 1.807) is 24.3 Å². The van der Waals surface area contributed by atoms with Gasteiger partial charge in [-0.1, -0.05) is 24.3 Å². The Morgan fingerprint density at radius 3 is 2.23 bits per heavy atom. The molecule has 128 valence electrons. The quantitative estimate of drug-likeness (QED) is 0.491. The Kier molecular flexibility index (Phi) is 4.03. The minimum absolute atomic E-state index is 0.187. The zero-order chi connectivity index (χ0) is 17.9. The van der Waals surface area contributed by atoms with Crippen molar-refractivity contribution in [1.82, 2.24) is 4.57 Å². The van der Waals surface area contributed by atoms with Crippen molar-refractivity contribution in [2.45, 2.75) is 0 Å². The van der Waals surface area contributed by atoms with E-state index in [1.165, 1.54) is 0 Å². The highest BCUT2D eigenvalue weighted by molar-refractivity contribution is 6.07. The van der Waals surface area contributed by atoms with Crippen molar-refractivity contribution in [1.29, 1.82) is 0 Å². The number of phenolic OH excluding ortho intramolecular Hbond substituents is 1. The van der Waals surface area contributed by atoms with E-state index >= 15 is 0 Å². The maximum absolute atomic E-state index is 12.3. The predicted molar refractivity (Wildman–Crippen MR) is 104 cm³/mol. The van der Waals surface area contributed by atoms with Crippen LogP contribution in [-0.2, 0) is 0 Å². The summed E-state index contributed by atoms with van der Waals surface area (Å²) in [6.07, 6.45) is 3.93. The van der Waals surface area contributed by atoms with Crippen LogP contribution in [0.25, 0.3) is 16.5 Å². The summed E-state index contributed by atoms with van der Waals surface area (Å²) in [7, 11) is 0. The lowest BCUT2D eigenvalue weighted by Crippen LogP contribution is -2.19. The van der Waals surface area contributed by atoms with E-state index in [9.17, 15) is 9.90 Å². The molecule has 0 unspecified atom stereocenters. The van der Waals surface area contributed by atoms with Crippen LogP contribution in [0.5, 0.6) is 5.75 Å². The van der Waals surface area contributed by atoms with Crippen molar-refractivity contribution >= 4 is 28.2 Å². The Balaban J connectivity index is 1.50. The van der Waals surface area contributed by atoms with Crippen LogP contribution in [0.1, 0.15) is 0 Å². The summed E-state index contributed by atoms with van der Waals surface area (Å²) in [6, 6.07) is 21.8. The molecular formula is C21H17N3O2. The molecule has 0 atom stereocenters. The fraction of sp³-hybridized carbons (Fsp3) is 0. The first-order chi connectivity index (χ1) is 12.7. The number of aromatic hydroxyl groups is 1. The van der Waals surface area contributed by atoms with Gasteiger partial charge in [-0.2, -0.15) is 0 Å². The number of nitrogens with one attached hydrogen (secondary N) is 2. The van der Waals surface area contributed by atoms with E-state index in [0.717, 1.165) is 11.1 Å². The van der Waals surface area contributed by atoms with Gasteiger partial charge in [0.05, 0.1) is 5.69 Å². The first kappa shape index (κ1) is 15.8. The second-order valence-corrected chi connectivity index (χ2v) is 5.89. The van der Waals surface area contributed by atoms with Gasteiger partial charge < -0.3 is 20.3 Å². The Bertz CT molecular complexity index is 1050. The van der Waals surface area contributed by atoms with Crippen LogP contribution in [0.4, 0.5) is 16.2 Å². The average molecular weight is 343 g/mol. The van der Waals surface area contributed by atoms with Crippen molar-refractivity contribution in [3.05, 3.63) is 85.2 Å². The zero-order valence-electron chi connectivity index (χ0n) is 13.9. The maximum Gasteiger partial charge on any atom is 0.323 e. The topological polar surface area (TPSA) is 66.3 Å². The normalized spacial score (nSPS) is 10.6. The number of carbonyl (C=O) groups excluding carboxylic acids is 1. The molecule has 26 heavy (non-hydrogen) atoms. The number of hydrogen-bond acceptors (Lipinski definition) is 2. The van der Waals surface area contributed by atoms with Gasteiger partial charge in [0, 0.05) is 34.5 Å².